The molecule has 1 aliphatic carbocycles. The van der Waals surface area contributed by atoms with E-state index in [1.54, 1.807) is 5.56 Å². The Labute approximate surface area is 97.6 Å². The van der Waals surface area contributed by atoms with Gasteiger partial charge in [-0.15, -0.1) is 0 Å². The Morgan fingerprint density at radius 3 is 2.07 bits per heavy atom. The maximum absolute atomic E-state index is 6.18. The Hall–Kier alpha value is -0.490. The van der Waals surface area contributed by atoms with Gasteiger partial charge in [-0.25, -0.2) is 0 Å². The molecule has 0 saturated heterocycles. The molecular formula is C14H19Cl. The third-order valence-electron chi connectivity index (χ3n) is 3.37. The van der Waals surface area contributed by atoms with E-state index in [-0.39, 0.29) is 0 Å². The quantitative estimate of drug-likeness (QED) is 0.597. The van der Waals surface area contributed by atoms with Crippen LogP contribution in [0.5, 0.6) is 0 Å². The minimum Gasteiger partial charge on any atom is -0.0840 e. The molecule has 0 unspecified atom stereocenters. The lowest BCUT2D eigenvalue weighted by Crippen LogP contribution is -1.95. The highest BCUT2D eigenvalue weighted by Crippen LogP contribution is 2.25. The molecule has 0 bridgehead atoms. The normalized spacial score (nSPS) is 17.5. The number of benzene rings is 1. The smallest absolute Gasteiger partial charge is 0.0438 e. The fraction of sp³-hybridized carbons (Fsp3) is 0.571. The van der Waals surface area contributed by atoms with Gasteiger partial charge in [-0.05, 0) is 55.4 Å². The molecule has 1 aromatic carbocycles. The second-order valence-electron chi connectivity index (χ2n) is 4.64. The third-order valence-corrected chi connectivity index (χ3v) is 3.78. The summed E-state index contributed by atoms with van der Waals surface area (Å²) < 4.78 is 0. The number of aryl methyl sites for hydroxylation is 3. The molecule has 82 valence electrons. The Balaban J connectivity index is 2.29. The lowest BCUT2D eigenvalue weighted by molar-refractivity contribution is 0.629. The first-order valence-electron chi connectivity index (χ1n) is 6.05. The number of hydrogen-bond donors (Lipinski definition) is 0. The van der Waals surface area contributed by atoms with Gasteiger partial charge in [0.2, 0.25) is 0 Å². The largest absolute Gasteiger partial charge is 0.0840 e. The van der Waals surface area contributed by atoms with Crippen molar-refractivity contribution in [2.75, 3.05) is 0 Å². The van der Waals surface area contributed by atoms with Crippen molar-refractivity contribution in [2.24, 2.45) is 0 Å². The number of halogens is 1. The summed E-state index contributed by atoms with van der Waals surface area (Å²) >= 11 is 6.18. The summed E-state index contributed by atoms with van der Waals surface area (Å²) in [6.45, 7) is 2.11. The van der Waals surface area contributed by atoms with E-state index in [4.69, 9.17) is 11.6 Å². The van der Waals surface area contributed by atoms with Crippen molar-refractivity contribution in [1.29, 1.82) is 0 Å². The second kappa shape index (κ2) is 5.03. The maximum Gasteiger partial charge on any atom is 0.0438 e. The average Bonchev–Trinajstić information content (AvgIpc) is 2.31. The lowest BCUT2D eigenvalue weighted by Gasteiger charge is -2.10. The van der Waals surface area contributed by atoms with Gasteiger partial charge < -0.3 is 0 Å². The molecular weight excluding hydrogens is 204 g/mol. The van der Waals surface area contributed by atoms with Crippen molar-refractivity contribution in [3.63, 3.8) is 0 Å². The van der Waals surface area contributed by atoms with Gasteiger partial charge in [0.05, 0.1) is 0 Å². The molecule has 0 aliphatic heterocycles. The molecule has 2 rings (SSSR count). The van der Waals surface area contributed by atoms with Crippen LogP contribution >= 0.6 is 11.6 Å². The first kappa shape index (κ1) is 11.0. The van der Waals surface area contributed by atoms with Crippen molar-refractivity contribution in [2.45, 2.75) is 51.9 Å². The zero-order valence-electron chi connectivity index (χ0n) is 9.48. The molecule has 0 amide bonds. The summed E-state index contributed by atoms with van der Waals surface area (Å²) in [5, 5.41) is 0.938. The highest BCUT2D eigenvalue weighted by Gasteiger charge is 2.08. The van der Waals surface area contributed by atoms with Crippen LogP contribution in [0.4, 0.5) is 0 Å². The van der Waals surface area contributed by atoms with E-state index >= 15 is 0 Å². The number of fused-ring (bicyclic) bond motifs is 1. The zero-order valence-corrected chi connectivity index (χ0v) is 10.2. The van der Waals surface area contributed by atoms with E-state index in [9.17, 15) is 0 Å². The van der Waals surface area contributed by atoms with Crippen LogP contribution in [0.2, 0.25) is 5.02 Å². The van der Waals surface area contributed by atoms with Gasteiger partial charge in [0.15, 0.2) is 0 Å². The van der Waals surface area contributed by atoms with Gasteiger partial charge in [0.1, 0.15) is 0 Å². The van der Waals surface area contributed by atoms with Crippen LogP contribution < -0.4 is 0 Å². The van der Waals surface area contributed by atoms with Gasteiger partial charge in [0.25, 0.3) is 0 Å². The van der Waals surface area contributed by atoms with E-state index in [0.29, 0.717) is 0 Å². The van der Waals surface area contributed by atoms with Crippen LogP contribution in [-0.4, -0.2) is 0 Å². The van der Waals surface area contributed by atoms with Crippen molar-refractivity contribution < 1.29 is 0 Å². The fourth-order valence-electron chi connectivity index (χ4n) is 2.41. The molecule has 0 nitrogen and oxygen atoms in total. The lowest BCUT2D eigenvalue weighted by atomic mass is 9.97. The minimum atomic E-state index is 0.938. The van der Waals surface area contributed by atoms with E-state index in [1.165, 1.54) is 56.1 Å². The van der Waals surface area contributed by atoms with E-state index in [1.807, 2.05) is 0 Å². The molecule has 1 aromatic rings. The fourth-order valence-corrected chi connectivity index (χ4v) is 2.60. The van der Waals surface area contributed by atoms with Gasteiger partial charge in [-0.1, -0.05) is 36.9 Å². The SMILES string of the molecule is Cc1cc2c(cc1Cl)CCCCCCC2. The van der Waals surface area contributed by atoms with Gasteiger partial charge in [0, 0.05) is 5.02 Å². The van der Waals surface area contributed by atoms with Crippen LogP contribution in [0.1, 0.15) is 48.8 Å². The Bertz CT molecular complexity index is 308. The molecule has 0 aromatic heterocycles. The summed E-state index contributed by atoms with van der Waals surface area (Å²) in [4.78, 5) is 0. The Morgan fingerprint density at radius 2 is 1.40 bits per heavy atom. The standard InChI is InChI=1S/C14H19Cl/c1-11-9-12-7-5-3-2-4-6-8-13(12)10-14(11)15/h9-10H,2-8H2,1H3. The van der Waals surface area contributed by atoms with Crippen molar-refractivity contribution in [3.05, 3.63) is 33.8 Å². The second-order valence-corrected chi connectivity index (χ2v) is 5.05. The summed E-state index contributed by atoms with van der Waals surface area (Å²) in [6.07, 6.45) is 9.30. The van der Waals surface area contributed by atoms with Crippen LogP contribution in [-0.2, 0) is 12.8 Å². The first-order chi connectivity index (χ1) is 7.27. The van der Waals surface area contributed by atoms with Crippen molar-refractivity contribution in [3.8, 4) is 0 Å². The molecule has 0 heterocycles. The van der Waals surface area contributed by atoms with Crippen LogP contribution in [0.3, 0.4) is 0 Å². The molecule has 0 N–H and O–H groups in total. The Morgan fingerprint density at radius 1 is 0.867 bits per heavy atom. The summed E-state index contributed by atoms with van der Waals surface area (Å²) in [7, 11) is 0. The van der Waals surface area contributed by atoms with E-state index < -0.39 is 0 Å². The summed E-state index contributed by atoms with van der Waals surface area (Å²) in [5.41, 5.74) is 4.26. The van der Waals surface area contributed by atoms with Crippen molar-refractivity contribution >= 4 is 11.6 Å². The van der Waals surface area contributed by atoms with Gasteiger partial charge in [-0.2, -0.15) is 0 Å². The molecule has 0 saturated carbocycles. The first-order valence-corrected chi connectivity index (χ1v) is 6.43. The predicted molar refractivity (Wildman–Crippen MR) is 66.7 cm³/mol. The average molecular weight is 223 g/mol. The molecule has 1 aliphatic rings. The predicted octanol–water partition coefficient (Wildman–Crippen LogP) is 4.70. The van der Waals surface area contributed by atoms with E-state index in [0.717, 1.165) is 5.02 Å². The molecule has 1 heteroatoms. The van der Waals surface area contributed by atoms with E-state index in [2.05, 4.69) is 19.1 Å². The van der Waals surface area contributed by atoms with Crippen LogP contribution in [0, 0.1) is 6.92 Å². The molecule has 0 spiro atoms. The number of rotatable bonds is 0. The molecule has 0 atom stereocenters. The number of hydrogen-bond acceptors (Lipinski definition) is 0. The zero-order chi connectivity index (χ0) is 10.7. The molecule has 0 fully saturated rings. The topological polar surface area (TPSA) is 0 Å². The van der Waals surface area contributed by atoms with Gasteiger partial charge >= 0.3 is 0 Å². The van der Waals surface area contributed by atoms with Crippen LogP contribution in [0.15, 0.2) is 12.1 Å². The highest BCUT2D eigenvalue weighted by molar-refractivity contribution is 6.31. The van der Waals surface area contributed by atoms with Gasteiger partial charge in [-0.3, -0.25) is 0 Å². The molecule has 0 radical (unpaired) electrons. The maximum atomic E-state index is 6.18. The Kier molecular flexibility index (Phi) is 3.69. The minimum absolute atomic E-state index is 0.938. The summed E-state index contributed by atoms with van der Waals surface area (Å²) in [5.74, 6) is 0. The monoisotopic (exact) mass is 222 g/mol. The van der Waals surface area contributed by atoms with Crippen molar-refractivity contribution in [1.82, 2.24) is 0 Å². The third kappa shape index (κ3) is 2.75. The summed E-state index contributed by atoms with van der Waals surface area (Å²) in [6, 6.07) is 4.49. The highest BCUT2D eigenvalue weighted by atomic mass is 35.5. The van der Waals surface area contributed by atoms with Crippen LogP contribution in [0.25, 0.3) is 0 Å². The molecule has 15 heavy (non-hydrogen) atoms.